The zero-order chi connectivity index (χ0) is 12.3. The van der Waals surface area contributed by atoms with E-state index in [2.05, 4.69) is 17.3 Å². The third-order valence-electron chi connectivity index (χ3n) is 2.70. The van der Waals surface area contributed by atoms with Crippen LogP contribution >= 0.6 is 11.8 Å². The summed E-state index contributed by atoms with van der Waals surface area (Å²) >= 11 is 1.78. The molecule has 0 saturated heterocycles. The number of benzene rings is 1. The van der Waals surface area contributed by atoms with E-state index in [4.69, 9.17) is 10.3 Å². The van der Waals surface area contributed by atoms with Gasteiger partial charge < -0.3 is 10.3 Å². The maximum absolute atomic E-state index is 5.62. The first-order valence-electron chi connectivity index (χ1n) is 5.54. The molecule has 2 rings (SSSR count). The van der Waals surface area contributed by atoms with Gasteiger partial charge in [-0.2, -0.15) is 0 Å². The third kappa shape index (κ3) is 2.90. The summed E-state index contributed by atoms with van der Waals surface area (Å²) in [5.74, 6) is 1.79. The molecule has 90 valence electrons. The Hall–Kier alpha value is -1.26. The first kappa shape index (κ1) is 12.2. The van der Waals surface area contributed by atoms with Crippen LogP contribution in [0.4, 0.5) is 0 Å². The van der Waals surface area contributed by atoms with Gasteiger partial charge in [-0.25, -0.2) is 0 Å². The summed E-state index contributed by atoms with van der Waals surface area (Å²) in [7, 11) is 0. The van der Waals surface area contributed by atoms with Crippen molar-refractivity contribution in [3.8, 4) is 0 Å². The van der Waals surface area contributed by atoms with Gasteiger partial charge in [-0.3, -0.25) is 0 Å². The Balaban J connectivity index is 2.07. The van der Waals surface area contributed by atoms with E-state index < -0.39 is 0 Å². The summed E-state index contributed by atoms with van der Waals surface area (Å²) in [4.78, 5) is 1.23. The predicted octanol–water partition coefficient (Wildman–Crippen LogP) is 3.04. The second-order valence-electron chi connectivity index (χ2n) is 3.94. The molecule has 0 amide bonds. The first-order valence-corrected chi connectivity index (χ1v) is 6.53. The minimum Gasteiger partial charge on any atom is -0.361 e. The molecule has 2 N–H and O–H groups in total. The summed E-state index contributed by atoms with van der Waals surface area (Å²) in [5.41, 5.74) is 8.95. The number of nitrogens with zero attached hydrogens (tertiary/aromatic N) is 1. The second-order valence-corrected chi connectivity index (χ2v) is 4.99. The lowest BCUT2D eigenvalue weighted by atomic mass is 10.2. The summed E-state index contributed by atoms with van der Waals surface area (Å²) in [5, 5.41) is 3.95. The van der Waals surface area contributed by atoms with E-state index in [0.717, 1.165) is 22.8 Å². The molecule has 1 aromatic heterocycles. The summed E-state index contributed by atoms with van der Waals surface area (Å²) < 4.78 is 5.15. The van der Waals surface area contributed by atoms with Gasteiger partial charge in [0.15, 0.2) is 0 Å². The second kappa shape index (κ2) is 5.38. The molecule has 1 aromatic carbocycles. The molecule has 2 aromatic rings. The zero-order valence-electron chi connectivity index (χ0n) is 10.1. The molecule has 0 aliphatic carbocycles. The van der Waals surface area contributed by atoms with Crippen molar-refractivity contribution in [3.63, 3.8) is 0 Å². The highest BCUT2D eigenvalue weighted by Gasteiger charge is 2.09. The Bertz CT molecular complexity index is 488. The molecule has 0 bridgehead atoms. The minimum absolute atomic E-state index is 0.583. The SMILES string of the molecule is Cc1noc(C)c1CSc1cccc(CN)c1. The standard InChI is InChI=1S/C13H16N2OS/c1-9-13(10(2)16-15-9)8-17-12-5-3-4-11(6-12)7-14/h3-6H,7-8,14H2,1-2H3. The summed E-state index contributed by atoms with van der Waals surface area (Å²) in [6.45, 7) is 4.51. The fourth-order valence-electron chi connectivity index (χ4n) is 1.63. The highest BCUT2D eigenvalue weighted by Crippen LogP contribution is 2.26. The highest BCUT2D eigenvalue weighted by molar-refractivity contribution is 7.98. The Morgan fingerprint density at radius 2 is 2.18 bits per heavy atom. The van der Waals surface area contributed by atoms with Crippen LogP contribution in [0, 0.1) is 13.8 Å². The van der Waals surface area contributed by atoms with Crippen molar-refractivity contribution >= 4 is 11.8 Å². The Labute approximate surface area is 105 Å². The number of rotatable bonds is 4. The van der Waals surface area contributed by atoms with Crippen LogP contribution in [0.25, 0.3) is 0 Å². The molecule has 0 unspecified atom stereocenters. The van der Waals surface area contributed by atoms with Gasteiger partial charge in [0.1, 0.15) is 5.76 Å². The number of hydrogen-bond acceptors (Lipinski definition) is 4. The lowest BCUT2D eigenvalue weighted by Gasteiger charge is -2.03. The van der Waals surface area contributed by atoms with E-state index in [0.29, 0.717) is 6.54 Å². The number of nitrogens with two attached hydrogens (primary N) is 1. The Morgan fingerprint density at radius 3 is 2.82 bits per heavy atom. The molecular formula is C13H16N2OS. The molecule has 0 saturated carbocycles. The van der Waals surface area contributed by atoms with Crippen molar-refractivity contribution in [1.29, 1.82) is 0 Å². The van der Waals surface area contributed by atoms with Crippen molar-refractivity contribution in [2.75, 3.05) is 0 Å². The largest absolute Gasteiger partial charge is 0.361 e. The lowest BCUT2D eigenvalue weighted by molar-refractivity contribution is 0.392. The quantitative estimate of drug-likeness (QED) is 0.845. The van der Waals surface area contributed by atoms with Gasteiger partial charge in [-0.05, 0) is 31.5 Å². The number of hydrogen-bond donors (Lipinski definition) is 1. The molecular weight excluding hydrogens is 232 g/mol. The summed E-state index contributed by atoms with van der Waals surface area (Å²) in [6, 6.07) is 8.31. The molecule has 0 atom stereocenters. The molecule has 4 heteroatoms. The van der Waals surface area contributed by atoms with Crippen molar-refractivity contribution < 1.29 is 4.52 Å². The van der Waals surface area contributed by atoms with Crippen LogP contribution in [0.2, 0.25) is 0 Å². The van der Waals surface area contributed by atoms with Crippen molar-refractivity contribution in [2.24, 2.45) is 5.73 Å². The van der Waals surface area contributed by atoms with Crippen molar-refractivity contribution in [3.05, 3.63) is 46.8 Å². The zero-order valence-corrected chi connectivity index (χ0v) is 10.9. The van der Waals surface area contributed by atoms with E-state index in [1.165, 1.54) is 10.5 Å². The molecule has 17 heavy (non-hydrogen) atoms. The fourth-order valence-corrected chi connectivity index (χ4v) is 2.76. The number of aromatic nitrogens is 1. The number of thioether (sulfide) groups is 1. The van der Waals surface area contributed by atoms with Crippen LogP contribution in [0.5, 0.6) is 0 Å². The van der Waals surface area contributed by atoms with E-state index in [9.17, 15) is 0 Å². The van der Waals surface area contributed by atoms with Crippen LogP contribution in [-0.2, 0) is 12.3 Å². The fraction of sp³-hybridized carbons (Fsp3) is 0.308. The van der Waals surface area contributed by atoms with E-state index in [1.807, 2.05) is 26.0 Å². The normalized spacial score (nSPS) is 10.8. The Morgan fingerprint density at radius 1 is 1.35 bits per heavy atom. The van der Waals surface area contributed by atoms with Crippen LogP contribution < -0.4 is 5.73 Å². The minimum atomic E-state index is 0.583. The van der Waals surface area contributed by atoms with Crippen molar-refractivity contribution in [2.45, 2.75) is 31.0 Å². The summed E-state index contributed by atoms with van der Waals surface area (Å²) in [6.07, 6.45) is 0. The van der Waals surface area contributed by atoms with Gasteiger partial charge in [0.2, 0.25) is 0 Å². The van der Waals surface area contributed by atoms with Crippen LogP contribution in [0.1, 0.15) is 22.6 Å². The smallest absolute Gasteiger partial charge is 0.137 e. The van der Waals surface area contributed by atoms with Crippen LogP contribution in [-0.4, -0.2) is 5.16 Å². The highest BCUT2D eigenvalue weighted by atomic mass is 32.2. The van der Waals surface area contributed by atoms with Gasteiger partial charge in [-0.15, -0.1) is 11.8 Å². The van der Waals surface area contributed by atoms with Crippen LogP contribution in [0.3, 0.4) is 0 Å². The molecule has 0 radical (unpaired) electrons. The van der Waals surface area contributed by atoms with E-state index in [1.54, 1.807) is 11.8 Å². The predicted molar refractivity (Wildman–Crippen MR) is 69.9 cm³/mol. The lowest BCUT2D eigenvalue weighted by Crippen LogP contribution is -1.95. The van der Waals surface area contributed by atoms with Gasteiger partial charge in [0.05, 0.1) is 5.69 Å². The van der Waals surface area contributed by atoms with E-state index in [-0.39, 0.29) is 0 Å². The molecule has 0 spiro atoms. The molecule has 1 heterocycles. The van der Waals surface area contributed by atoms with Crippen LogP contribution in [0.15, 0.2) is 33.7 Å². The van der Waals surface area contributed by atoms with E-state index >= 15 is 0 Å². The molecule has 3 nitrogen and oxygen atoms in total. The van der Waals surface area contributed by atoms with Gasteiger partial charge >= 0.3 is 0 Å². The topological polar surface area (TPSA) is 52.0 Å². The average Bonchev–Trinajstić information content (AvgIpc) is 2.67. The maximum Gasteiger partial charge on any atom is 0.137 e. The third-order valence-corrected chi connectivity index (χ3v) is 3.72. The molecule has 0 aliphatic heterocycles. The van der Waals surface area contributed by atoms with Gasteiger partial charge in [0, 0.05) is 22.8 Å². The Kier molecular flexibility index (Phi) is 3.86. The average molecular weight is 248 g/mol. The molecule has 0 aliphatic rings. The first-order chi connectivity index (χ1) is 8.20. The maximum atomic E-state index is 5.62. The van der Waals surface area contributed by atoms with Gasteiger partial charge in [-0.1, -0.05) is 17.3 Å². The molecule has 0 fully saturated rings. The van der Waals surface area contributed by atoms with Gasteiger partial charge in [0.25, 0.3) is 0 Å². The number of aryl methyl sites for hydroxylation is 2. The van der Waals surface area contributed by atoms with Crippen molar-refractivity contribution in [1.82, 2.24) is 5.16 Å². The monoisotopic (exact) mass is 248 g/mol.